The minimum Gasteiger partial charge on any atom is -0.870 e. The minimum absolute atomic E-state index is 0. The third-order valence-electron chi connectivity index (χ3n) is 0. The Morgan fingerprint density at radius 3 is 0.421 bits per heavy atom. The van der Waals surface area contributed by atoms with Gasteiger partial charge in [0.1, 0.15) is 0 Å². The Morgan fingerprint density at radius 1 is 0.421 bits per heavy atom. The number of hydrogen-bond acceptors (Lipinski definition) is 14. The molecule has 0 rings (SSSR count). The standard InChI is InChI=1S/4Al.H2O4S.10H2O/c;;;;1-5(2,3)4;;;;;;;;;;/h;;;;(H2,1,2,3,4);10*1H2/q4*+3;;;;;;;;;;;/p-12. The molecule has 19 heavy (non-hydrogen) atoms. The molecular formula is H10Al4O14S. The fraction of sp³-hybridized carbons (Fsp3) is 0. The summed E-state index contributed by atoms with van der Waals surface area (Å²) in [6.07, 6.45) is 0. The van der Waals surface area contributed by atoms with Crippen LogP contribution in [0.1, 0.15) is 0 Å². The molecule has 0 bridgehead atoms. The Balaban J connectivity index is -0.000000000879. The van der Waals surface area contributed by atoms with E-state index in [2.05, 4.69) is 0 Å². The van der Waals surface area contributed by atoms with Crippen LogP contribution < -0.4 is 0 Å². The van der Waals surface area contributed by atoms with Gasteiger partial charge in [-0.1, -0.05) is 0 Å². The average molecular weight is 374 g/mol. The van der Waals surface area contributed by atoms with E-state index in [0.717, 1.165) is 0 Å². The molecule has 0 spiro atoms. The third kappa shape index (κ3) is 2370. The van der Waals surface area contributed by atoms with Crippen LogP contribution >= 0.6 is 0 Å². The molecule has 0 aliphatic carbocycles. The quantitative estimate of drug-likeness (QED) is 0.218. The summed E-state index contributed by atoms with van der Waals surface area (Å²) in [5.41, 5.74) is 0. The fourth-order valence-corrected chi connectivity index (χ4v) is 0. The monoisotopic (exact) mass is 374 g/mol. The molecule has 0 heterocycles. The summed E-state index contributed by atoms with van der Waals surface area (Å²) in [4.78, 5) is 0. The smallest absolute Gasteiger partial charge is 0.870 e. The van der Waals surface area contributed by atoms with Crippen molar-refractivity contribution in [2.75, 3.05) is 0 Å². The summed E-state index contributed by atoms with van der Waals surface area (Å²) in [6.45, 7) is 0. The van der Waals surface area contributed by atoms with Crippen LogP contribution in [-0.4, -0.2) is 142 Å². The van der Waals surface area contributed by atoms with Crippen molar-refractivity contribution in [3.8, 4) is 0 Å². The first kappa shape index (κ1) is 252. The van der Waals surface area contributed by atoms with Gasteiger partial charge in [-0.05, 0) is 0 Å². The summed E-state index contributed by atoms with van der Waals surface area (Å²) >= 11 is 0. The van der Waals surface area contributed by atoms with E-state index in [1.54, 1.807) is 0 Å². The van der Waals surface area contributed by atoms with Crippen LogP contribution in [0.2, 0.25) is 0 Å². The third-order valence-corrected chi connectivity index (χ3v) is 0. The van der Waals surface area contributed by atoms with Crippen molar-refractivity contribution in [2.45, 2.75) is 0 Å². The van der Waals surface area contributed by atoms with Crippen molar-refractivity contribution in [3.63, 3.8) is 0 Å². The maximum absolute atomic E-state index is 8.52. The second-order valence-corrected chi connectivity index (χ2v) is 1.22. The Labute approximate surface area is 151 Å². The maximum atomic E-state index is 8.52. The van der Waals surface area contributed by atoms with Crippen molar-refractivity contribution in [3.05, 3.63) is 0 Å². The largest absolute Gasteiger partial charge is 3.00 e. The molecule has 0 unspecified atom stereocenters. The van der Waals surface area contributed by atoms with Gasteiger partial charge in [0.2, 0.25) is 0 Å². The molecule has 0 amide bonds. The van der Waals surface area contributed by atoms with E-state index < -0.39 is 10.4 Å². The summed E-state index contributed by atoms with van der Waals surface area (Å²) in [6, 6.07) is 0. The zero-order valence-corrected chi connectivity index (χ0v) is 14.3. The van der Waals surface area contributed by atoms with E-state index in [9.17, 15) is 0 Å². The van der Waals surface area contributed by atoms with Crippen molar-refractivity contribution < 1.29 is 72.3 Å². The van der Waals surface area contributed by atoms with Gasteiger partial charge in [0.15, 0.2) is 0 Å². The van der Waals surface area contributed by atoms with E-state index in [1.807, 2.05) is 0 Å². The van der Waals surface area contributed by atoms with E-state index >= 15 is 0 Å². The second-order valence-electron chi connectivity index (χ2n) is 0.408. The molecule has 14 nitrogen and oxygen atoms in total. The van der Waals surface area contributed by atoms with E-state index in [1.165, 1.54) is 0 Å². The average Bonchev–Trinajstić information content (AvgIpc) is 0.722. The summed E-state index contributed by atoms with van der Waals surface area (Å²) in [5.74, 6) is 0. The Hall–Kier alpha value is 1.60. The molecule has 0 aromatic heterocycles. The van der Waals surface area contributed by atoms with Crippen molar-refractivity contribution in [2.24, 2.45) is 0 Å². The van der Waals surface area contributed by atoms with Crippen molar-refractivity contribution in [1.82, 2.24) is 0 Å². The van der Waals surface area contributed by atoms with Crippen LogP contribution in [0.5, 0.6) is 0 Å². The van der Waals surface area contributed by atoms with Crippen LogP contribution in [0.25, 0.3) is 0 Å². The Bertz CT molecular complexity index is 103. The topological polar surface area (TPSA) is 380 Å². The fourth-order valence-electron chi connectivity index (χ4n) is 0. The molecule has 0 saturated carbocycles. The SMILES string of the molecule is O=S(=O)([O-])[O-].[Al+3].[Al+3].[Al+3].[Al+3].[OH-].[OH-].[OH-].[OH-].[OH-].[OH-].[OH-].[OH-].[OH-].[OH-]. The number of rotatable bonds is 0. The molecule has 0 aliphatic heterocycles. The summed E-state index contributed by atoms with van der Waals surface area (Å²) < 4.78 is 34.1. The minimum atomic E-state index is -5.17. The van der Waals surface area contributed by atoms with Gasteiger partial charge in [0, 0.05) is 10.4 Å². The first-order valence-corrected chi connectivity index (χ1v) is 2.00. The van der Waals surface area contributed by atoms with E-state index in [0.29, 0.717) is 0 Å². The molecule has 0 saturated heterocycles. The normalized spacial score (nSPS) is 3.05. The molecular weight excluding hydrogens is 364 g/mol. The van der Waals surface area contributed by atoms with Gasteiger partial charge in [-0.2, -0.15) is 0 Å². The van der Waals surface area contributed by atoms with Gasteiger partial charge in [-0.25, -0.2) is 0 Å². The van der Waals surface area contributed by atoms with Crippen LogP contribution in [0.4, 0.5) is 0 Å². The van der Waals surface area contributed by atoms with Gasteiger partial charge >= 0.3 is 69.4 Å². The van der Waals surface area contributed by atoms with Gasteiger partial charge < -0.3 is 63.9 Å². The van der Waals surface area contributed by atoms with Gasteiger partial charge in [-0.3, -0.25) is 8.42 Å². The van der Waals surface area contributed by atoms with E-state index in [4.69, 9.17) is 17.5 Å². The van der Waals surface area contributed by atoms with Crippen LogP contribution in [-0.2, 0) is 10.4 Å². The van der Waals surface area contributed by atoms with Gasteiger partial charge in [0.05, 0.1) is 0 Å². The number of hydrogen-bond donors (Lipinski definition) is 0. The molecule has 0 atom stereocenters. The first-order valence-electron chi connectivity index (χ1n) is 0.667. The molecule has 0 fully saturated rings. The molecule has 10 N–H and O–H groups in total. The van der Waals surface area contributed by atoms with Crippen molar-refractivity contribution in [1.29, 1.82) is 0 Å². The summed E-state index contributed by atoms with van der Waals surface area (Å²) in [5, 5.41) is 0. The Kier molecular flexibility index (Phi) is 1560. The first-order chi connectivity index (χ1) is 2.00. The molecule has 0 aromatic carbocycles. The maximum Gasteiger partial charge on any atom is 3.00 e. The Morgan fingerprint density at radius 2 is 0.421 bits per heavy atom. The van der Waals surface area contributed by atoms with Crippen LogP contribution in [0.3, 0.4) is 0 Å². The van der Waals surface area contributed by atoms with E-state index in [-0.39, 0.29) is 124 Å². The van der Waals surface area contributed by atoms with Crippen LogP contribution in [0.15, 0.2) is 0 Å². The second kappa shape index (κ2) is 117. The molecule has 19 heteroatoms. The van der Waals surface area contributed by atoms with Gasteiger partial charge in [0.25, 0.3) is 0 Å². The van der Waals surface area contributed by atoms with Crippen LogP contribution in [0, 0.1) is 0 Å². The molecule has 0 aliphatic rings. The molecule has 112 valence electrons. The predicted octanol–water partition coefficient (Wildman–Crippen LogP) is -4.63. The predicted molar refractivity (Wildman–Crippen MR) is 52.8 cm³/mol. The molecule has 0 aromatic rings. The summed E-state index contributed by atoms with van der Waals surface area (Å²) in [7, 11) is -5.17. The molecule has 0 radical (unpaired) electrons. The zero-order valence-electron chi connectivity index (χ0n) is 8.82. The van der Waals surface area contributed by atoms with Gasteiger partial charge in [-0.15, -0.1) is 0 Å². The zero-order chi connectivity index (χ0) is 4.50. The van der Waals surface area contributed by atoms with Crippen molar-refractivity contribution >= 4 is 79.8 Å².